The summed E-state index contributed by atoms with van der Waals surface area (Å²) in [5, 5.41) is 6.36. The first-order valence-corrected chi connectivity index (χ1v) is 7.74. The summed E-state index contributed by atoms with van der Waals surface area (Å²) in [6.07, 6.45) is 0.507. The zero-order chi connectivity index (χ0) is 15.3. The van der Waals surface area contributed by atoms with Gasteiger partial charge in [0.05, 0.1) is 6.61 Å². The molecule has 1 heterocycles. The Hall–Kier alpha value is -1.39. The molecule has 1 aromatic carbocycles. The Bertz CT molecular complexity index is 453. The van der Waals surface area contributed by atoms with Crippen LogP contribution < -0.4 is 10.6 Å². The molecule has 0 spiro atoms. The Morgan fingerprint density at radius 3 is 2.71 bits per heavy atom. The molecule has 1 saturated heterocycles. The Labute approximate surface area is 127 Å². The Balaban J connectivity index is 2.06. The normalized spacial score (nSPS) is 20.8. The largest absolute Gasteiger partial charge is 0.366 e. The van der Waals surface area contributed by atoms with E-state index >= 15 is 0 Å². The summed E-state index contributed by atoms with van der Waals surface area (Å²) >= 11 is 0. The minimum atomic E-state index is -0.376. The van der Waals surface area contributed by atoms with Crippen LogP contribution in [0.15, 0.2) is 30.3 Å². The van der Waals surface area contributed by atoms with Crippen molar-refractivity contribution in [2.45, 2.75) is 44.8 Å². The number of hydrogen-bond donors (Lipinski definition) is 2. The lowest BCUT2D eigenvalue weighted by molar-refractivity contribution is -0.135. The van der Waals surface area contributed by atoms with Crippen molar-refractivity contribution < 1.29 is 9.53 Å². The summed E-state index contributed by atoms with van der Waals surface area (Å²) in [7, 11) is 0. The molecule has 1 aliphatic heterocycles. The van der Waals surface area contributed by atoms with Crippen molar-refractivity contribution in [1.82, 2.24) is 10.6 Å². The van der Waals surface area contributed by atoms with Crippen LogP contribution in [0.5, 0.6) is 0 Å². The summed E-state index contributed by atoms with van der Waals surface area (Å²) in [5.41, 5.74) is 1.12. The first-order chi connectivity index (χ1) is 10.1. The van der Waals surface area contributed by atoms with Crippen molar-refractivity contribution in [3.63, 3.8) is 0 Å². The molecule has 1 aromatic rings. The molecule has 2 atom stereocenters. The number of carbonyl (C=O) groups excluding carboxylic acids is 1. The topological polar surface area (TPSA) is 50.4 Å². The van der Waals surface area contributed by atoms with Gasteiger partial charge in [0.15, 0.2) is 0 Å². The third-order valence-corrected chi connectivity index (χ3v) is 4.33. The number of amides is 1. The van der Waals surface area contributed by atoms with E-state index in [0.29, 0.717) is 13.2 Å². The van der Waals surface area contributed by atoms with Crippen LogP contribution in [0.4, 0.5) is 0 Å². The number of benzene rings is 1. The molecule has 0 aliphatic carbocycles. The molecule has 4 heteroatoms. The van der Waals surface area contributed by atoms with Crippen molar-refractivity contribution in [2.24, 2.45) is 0 Å². The number of morpholine rings is 1. The van der Waals surface area contributed by atoms with Gasteiger partial charge in [-0.05, 0) is 12.0 Å². The van der Waals surface area contributed by atoms with Crippen LogP contribution in [0.25, 0.3) is 0 Å². The minimum Gasteiger partial charge on any atom is -0.366 e. The molecule has 2 unspecified atom stereocenters. The highest BCUT2D eigenvalue weighted by molar-refractivity contribution is 5.81. The third kappa shape index (κ3) is 3.83. The molecular formula is C17H26N2O2. The van der Waals surface area contributed by atoms with Crippen molar-refractivity contribution in [1.29, 1.82) is 0 Å². The van der Waals surface area contributed by atoms with E-state index in [4.69, 9.17) is 4.74 Å². The molecule has 2 rings (SSSR count). The van der Waals surface area contributed by atoms with Gasteiger partial charge in [-0.15, -0.1) is 0 Å². The molecule has 0 saturated carbocycles. The van der Waals surface area contributed by atoms with Crippen molar-refractivity contribution in [3.8, 4) is 0 Å². The van der Waals surface area contributed by atoms with Crippen LogP contribution >= 0.6 is 0 Å². The molecule has 1 amide bonds. The van der Waals surface area contributed by atoms with Crippen LogP contribution in [0, 0.1) is 0 Å². The first-order valence-electron chi connectivity index (χ1n) is 7.74. The molecule has 0 bridgehead atoms. The Morgan fingerprint density at radius 2 is 2.14 bits per heavy atom. The van der Waals surface area contributed by atoms with E-state index in [1.54, 1.807) is 0 Å². The fraction of sp³-hybridized carbons (Fsp3) is 0.588. The summed E-state index contributed by atoms with van der Waals surface area (Å²) < 4.78 is 5.53. The number of nitrogens with one attached hydrogen (secondary N) is 2. The van der Waals surface area contributed by atoms with Crippen LogP contribution in [0.2, 0.25) is 0 Å². The Kier molecular flexibility index (Phi) is 5.37. The van der Waals surface area contributed by atoms with Gasteiger partial charge in [-0.1, -0.05) is 51.1 Å². The van der Waals surface area contributed by atoms with Crippen molar-refractivity contribution >= 4 is 5.91 Å². The second-order valence-electron chi connectivity index (χ2n) is 6.12. The van der Waals surface area contributed by atoms with Crippen molar-refractivity contribution in [2.75, 3.05) is 19.7 Å². The van der Waals surface area contributed by atoms with E-state index in [-0.39, 0.29) is 23.5 Å². The van der Waals surface area contributed by atoms with Gasteiger partial charge in [0.25, 0.3) is 5.91 Å². The lowest BCUT2D eigenvalue weighted by atomic mass is 9.76. The fourth-order valence-electron chi connectivity index (χ4n) is 2.86. The number of rotatable bonds is 5. The highest BCUT2D eigenvalue weighted by atomic mass is 16.5. The third-order valence-electron chi connectivity index (χ3n) is 4.33. The molecule has 0 aromatic heterocycles. The molecule has 21 heavy (non-hydrogen) atoms. The van der Waals surface area contributed by atoms with Crippen LogP contribution in [-0.2, 0) is 14.9 Å². The molecular weight excluding hydrogens is 264 g/mol. The zero-order valence-corrected chi connectivity index (χ0v) is 13.2. The fourth-order valence-corrected chi connectivity index (χ4v) is 2.86. The molecule has 2 N–H and O–H groups in total. The summed E-state index contributed by atoms with van der Waals surface area (Å²) in [6, 6.07) is 10.4. The SMILES string of the molecule is CCC(NC(=O)C1CNCCO1)C(C)(C)c1ccccc1. The summed E-state index contributed by atoms with van der Waals surface area (Å²) in [6.45, 7) is 8.46. The van der Waals surface area contributed by atoms with E-state index < -0.39 is 0 Å². The monoisotopic (exact) mass is 290 g/mol. The Morgan fingerprint density at radius 1 is 1.43 bits per heavy atom. The van der Waals surface area contributed by atoms with Gasteiger partial charge in [-0.3, -0.25) is 4.79 Å². The highest BCUT2D eigenvalue weighted by Gasteiger charge is 2.33. The van der Waals surface area contributed by atoms with E-state index in [1.165, 1.54) is 5.56 Å². The summed E-state index contributed by atoms with van der Waals surface area (Å²) in [4.78, 5) is 12.4. The predicted octanol–water partition coefficient (Wildman–Crippen LogP) is 1.85. The highest BCUT2D eigenvalue weighted by Crippen LogP contribution is 2.28. The lowest BCUT2D eigenvalue weighted by Gasteiger charge is -2.36. The van der Waals surface area contributed by atoms with Crippen molar-refractivity contribution in [3.05, 3.63) is 35.9 Å². The quantitative estimate of drug-likeness (QED) is 0.870. The van der Waals surface area contributed by atoms with Gasteiger partial charge >= 0.3 is 0 Å². The number of ether oxygens (including phenoxy) is 1. The van der Waals surface area contributed by atoms with Gasteiger partial charge in [0.1, 0.15) is 6.10 Å². The summed E-state index contributed by atoms with van der Waals surface area (Å²) in [5.74, 6) is -0.0157. The standard InChI is InChI=1S/C17H26N2O2/c1-4-15(17(2,3)13-8-6-5-7-9-13)19-16(20)14-12-18-10-11-21-14/h5-9,14-15,18H,4,10-12H2,1-3H3,(H,19,20). The van der Waals surface area contributed by atoms with Gasteiger partial charge in [-0.25, -0.2) is 0 Å². The first kappa shape index (κ1) is 16.0. The molecule has 116 valence electrons. The molecule has 4 nitrogen and oxygen atoms in total. The second kappa shape index (κ2) is 7.05. The number of carbonyl (C=O) groups is 1. The van der Waals surface area contributed by atoms with Gasteiger partial charge < -0.3 is 15.4 Å². The molecule has 1 aliphatic rings. The van der Waals surface area contributed by atoms with Crippen LogP contribution in [-0.4, -0.2) is 37.7 Å². The van der Waals surface area contributed by atoms with E-state index in [2.05, 4.69) is 43.5 Å². The van der Waals surface area contributed by atoms with E-state index in [0.717, 1.165) is 13.0 Å². The van der Waals surface area contributed by atoms with Gasteiger partial charge in [0, 0.05) is 24.5 Å². The second-order valence-corrected chi connectivity index (χ2v) is 6.12. The minimum absolute atomic E-state index is 0.0157. The number of hydrogen-bond acceptors (Lipinski definition) is 3. The maximum absolute atomic E-state index is 12.4. The maximum Gasteiger partial charge on any atom is 0.250 e. The average molecular weight is 290 g/mol. The smallest absolute Gasteiger partial charge is 0.250 e. The maximum atomic E-state index is 12.4. The predicted molar refractivity (Wildman–Crippen MR) is 84.3 cm³/mol. The van der Waals surface area contributed by atoms with Crippen LogP contribution in [0.1, 0.15) is 32.8 Å². The van der Waals surface area contributed by atoms with E-state index in [9.17, 15) is 4.79 Å². The average Bonchev–Trinajstić information content (AvgIpc) is 2.53. The van der Waals surface area contributed by atoms with Gasteiger partial charge in [-0.2, -0.15) is 0 Å². The molecule has 1 fully saturated rings. The molecule has 0 radical (unpaired) electrons. The zero-order valence-electron chi connectivity index (χ0n) is 13.2. The van der Waals surface area contributed by atoms with E-state index in [1.807, 2.05) is 18.2 Å². The van der Waals surface area contributed by atoms with Crippen LogP contribution in [0.3, 0.4) is 0 Å². The van der Waals surface area contributed by atoms with Gasteiger partial charge in [0.2, 0.25) is 0 Å². The lowest BCUT2D eigenvalue weighted by Crippen LogP contribution is -2.54.